The lowest BCUT2D eigenvalue weighted by molar-refractivity contribution is -0.633. The van der Waals surface area contributed by atoms with E-state index in [1.807, 2.05) is 12.4 Å². The third-order valence-electron chi connectivity index (χ3n) is 7.04. The lowest BCUT2D eigenvalue weighted by Gasteiger charge is -2.13. The summed E-state index contributed by atoms with van der Waals surface area (Å²) in [5, 5.41) is 0. The first-order valence-corrected chi connectivity index (χ1v) is 12.3. The second kappa shape index (κ2) is 8.94. The SMILES string of the molecule is Cc1ccncc1-c1n(-c2ccc(-c3ccccc3)cc2-c2ccccc2)c2c(C)cccc2[n+]1C. The molecule has 4 aromatic carbocycles. The molecule has 0 radical (unpaired) electrons. The highest BCUT2D eigenvalue weighted by Gasteiger charge is 2.30. The number of benzene rings is 4. The Morgan fingerprint density at radius 2 is 1.36 bits per heavy atom. The van der Waals surface area contributed by atoms with Gasteiger partial charge in [0.25, 0.3) is 5.82 Å². The van der Waals surface area contributed by atoms with E-state index in [4.69, 9.17) is 0 Å². The van der Waals surface area contributed by atoms with Gasteiger partial charge in [-0.15, -0.1) is 0 Å². The molecule has 0 aliphatic carbocycles. The van der Waals surface area contributed by atoms with Crippen LogP contribution in [0.15, 0.2) is 116 Å². The van der Waals surface area contributed by atoms with Gasteiger partial charge in [-0.3, -0.25) is 4.98 Å². The average Bonchev–Trinajstić information content (AvgIpc) is 3.22. The molecular weight excluding hydrogens is 438 g/mol. The fourth-order valence-electron chi connectivity index (χ4n) is 5.20. The van der Waals surface area contributed by atoms with Crippen molar-refractivity contribution in [2.75, 3.05) is 0 Å². The molecule has 0 spiro atoms. The van der Waals surface area contributed by atoms with Gasteiger partial charge in [-0.05, 0) is 60.4 Å². The van der Waals surface area contributed by atoms with Crippen LogP contribution in [0.5, 0.6) is 0 Å². The van der Waals surface area contributed by atoms with Gasteiger partial charge in [0, 0.05) is 23.5 Å². The zero-order valence-corrected chi connectivity index (χ0v) is 20.8. The maximum atomic E-state index is 4.50. The number of hydrogen-bond donors (Lipinski definition) is 0. The van der Waals surface area contributed by atoms with Crippen molar-refractivity contribution in [3.05, 3.63) is 127 Å². The van der Waals surface area contributed by atoms with E-state index in [1.54, 1.807) is 0 Å². The van der Waals surface area contributed by atoms with Crippen LogP contribution in [-0.4, -0.2) is 9.55 Å². The molecule has 0 saturated heterocycles. The minimum atomic E-state index is 1.12. The second-order valence-electron chi connectivity index (χ2n) is 9.32. The molecule has 6 aromatic rings. The zero-order valence-electron chi connectivity index (χ0n) is 20.8. The lowest BCUT2D eigenvalue weighted by atomic mass is 9.97. The minimum absolute atomic E-state index is 1.12. The van der Waals surface area contributed by atoms with Crippen LogP contribution in [0.4, 0.5) is 0 Å². The summed E-state index contributed by atoms with van der Waals surface area (Å²) in [5.74, 6) is 1.12. The summed E-state index contributed by atoms with van der Waals surface area (Å²) < 4.78 is 4.72. The lowest BCUT2D eigenvalue weighted by Crippen LogP contribution is -2.30. The van der Waals surface area contributed by atoms with Crippen molar-refractivity contribution in [1.82, 2.24) is 9.55 Å². The number of pyridine rings is 1. The van der Waals surface area contributed by atoms with Gasteiger partial charge in [0.05, 0.1) is 12.6 Å². The van der Waals surface area contributed by atoms with Gasteiger partial charge in [-0.1, -0.05) is 78.9 Å². The van der Waals surface area contributed by atoms with Crippen molar-refractivity contribution in [2.24, 2.45) is 7.05 Å². The third-order valence-corrected chi connectivity index (χ3v) is 7.04. The maximum absolute atomic E-state index is 4.50. The summed E-state index contributed by atoms with van der Waals surface area (Å²) in [6, 6.07) is 36.7. The van der Waals surface area contributed by atoms with Crippen molar-refractivity contribution in [3.8, 4) is 39.3 Å². The summed E-state index contributed by atoms with van der Waals surface area (Å²) in [7, 11) is 2.15. The quantitative estimate of drug-likeness (QED) is 0.247. The van der Waals surface area contributed by atoms with Crippen molar-refractivity contribution in [2.45, 2.75) is 13.8 Å². The standard InChI is InChI=1S/C33H28N3/c1-23-19-20-34-22-29(23)33-35(3)31-16-10-11-24(2)32(31)36(33)30-18-17-27(25-12-6-4-7-13-25)21-28(30)26-14-8-5-9-15-26/h4-22H,1-3H3/q+1. The molecule has 6 rings (SSSR count). The predicted molar refractivity (Wildman–Crippen MR) is 148 cm³/mol. The molecule has 174 valence electrons. The predicted octanol–water partition coefficient (Wildman–Crippen LogP) is 7.47. The number of imidazole rings is 1. The number of fused-ring (bicyclic) bond motifs is 1. The van der Waals surface area contributed by atoms with Gasteiger partial charge in [-0.2, -0.15) is 4.57 Å². The molecule has 0 amide bonds. The fraction of sp³-hybridized carbons (Fsp3) is 0.0909. The molecule has 0 aliphatic heterocycles. The normalized spacial score (nSPS) is 11.2. The first-order chi connectivity index (χ1) is 17.6. The van der Waals surface area contributed by atoms with E-state index in [0.29, 0.717) is 0 Å². The Bertz CT molecular complexity index is 1700. The minimum Gasteiger partial charge on any atom is -0.264 e. The Morgan fingerprint density at radius 1 is 0.639 bits per heavy atom. The topological polar surface area (TPSA) is 21.7 Å². The van der Waals surface area contributed by atoms with E-state index in [9.17, 15) is 0 Å². The van der Waals surface area contributed by atoms with E-state index in [-0.39, 0.29) is 0 Å². The number of aromatic nitrogens is 3. The Kier molecular flexibility index (Phi) is 5.46. The summed E-state index contributed by atoms with van der Waals surface area (Å²) in [6.45, 7) is 4.35. The van der Waals surface area contributed by atoms with Crippen LogP contribution in [0.3, 0.4) is 0 Å². The van der Waals surface area contributed by atoms with Gasteiger partial charge >= 0.3 is 0 Å². The molecule has 0 atom stereocenters. The molecule has 36 heavy (non-hydrogen) atoms. The number of para-hydroxylation sites is 1. The van der Waals surface area contributed by atoms with Gasteiger partial charge in [-0.25, -0.2) is 4.57 Å². The summed E-state index contributed by atoms with van der Waals surface area (Å²) >= 11 is 0. The van der Waals surface area contributed by atoms with Crippen LogP contribution < -0.4 is 4.57 Å². The largest absolute Gasteiger partial charge is 0.296 e. The first kappa shape index (κ1) is 22.0. The van der Waals surface area contributed by atoms with Crippen molar-refractivity contribution < 1.29 is 4.57 Å². The molecular formula is C33H28N3+. The number of nitrogens with zero attached hydrogens (tertiary/aromatic N) is 3. The van der Waals surface area contributed by atoms with E-state index < -0.39 is 0 Å². The molecule has 0 N–H and O–H groups in total. The second-order valence-corrected chi connectivity index (χ2v) is 9.32. The summed E-state index contributed by atoms with van der Waals surface area (Å²) in [6.07, 6.45) is 3.84. The number of rotatable bonds is 4. The molecule has 0 bridgehead atoms. The number of aryl methyl sites for hydroxylation is 3. The van der Waals surface area contributed by atoms with Crippen LogP contribution in [0, 0.1) is 13.8 Å². The zero-order chi connectivity index (χ0) is 24.6. The fourth-order valence-corrected chi connectivity index (χ4v) is 5.20. The smallest absolute Gasteiger partial charge is 0.264 e. The highest BCUT2D eigenvalue weighted by molar-refractivity contribution is 5.87. The summed E-state index contributed by atoms with van der Waals surface area (Å²) in [4.78, 5) is 4.50. The van der Waals surface area contributed by atoms with Crippen LogP contribution in [0.2, 0.25) is 0 Å². The molecule has 0 unspecified atom stereocenters. The van der Waals surface area contributed by atoms with Crippen LogP contribution >= 0.6 is 0 Å². The van der Waals surface area contributed by atoms with Crippen molar-refractivity contribution >= 4 is 11.0 Å². The Labute approximate surface area is 212 Å². The van der Waals surface area contributed by atoms with E-state index >= 15 is 0 Å². The van der Waals surface area contributed by atoms with Gasteiger partial charge < -0.3 is 0 Å². The third kappa shape index (κ3) is 3.61. The highest BCUT2D eigenvalue weighted by atomic mass is 15.2. The molecule has 2 heterocycles. The van der Waals surface area contributed by atoms with Crippen LogP contribution in [-0.2, 0) is 7.05 Å². The van der Waals surface area contributed by atoms with Crippen molar-refractivity contribution in [3.63, 3.8) is 0 Å². The van der Waals surface area contributed by atoms with Crippen molar-refractivity contribution in [1.29, 1.82) is 0 Å². The molecule has 3 nitrogen and oxygen atoms in total. The van der Waals surface area contributed by atoms with Gasteiger partial charge in [0.1, 0.15) is 5.69 Å². The molecule has 0 aliphatic rings. The molecule has 0 saturated carbocycles. The van der Waals surface area contributed by atoms with Gasteiger partial charge in [0.2, 0.25) is 0 Å². The first-order valence-electron chi connectivity index (χ1n) is 12.3. The maximum Gasteiger partial charge on any atom is 0.296 e. The average molecular weight is 467 g/mol. The highest BCUT2D eigenvalue weighted by Crippen LogP contribution is 2.37. The molecule has 0 fully saturated rings. The molecule has 3 heteroatoms. The Morgan fingerprint density at radius 3 is 2.08 bits per heavy atom. The molecule has 2 aromatic heterocycles. The van der Waals surface area contributed by atoms with E-state index in [2.05, 4.69) is 138 Å². The monoisotopic (exact) mass is 466 g/mol. The summed E-state index contributed by atoms with van der Waals surface area (Å²) in [5.41, 5.74) is 11.9. The van der Waals surface area contributed by atoms with Crippen LogP contribution in [0.25, 0.3) is 50.4 Å². The van der Waals surface area contributed by atoms with Gasteiger partial charge in [0.15, 0.2) is 11.0 Å². The number of hydrogen-bond acceptors (Lipinski definition) is 1. The Balaban J connectivity index is 1.74. The van der Waals surface area contributed by atoms with E-state index in [0.717, 1.165) is 17.1 Å². The Hall–Kier alpha value is -4.50. The van der Waals surface area contributed by atoms with Crippen LogP contribution in [0.1, 0.15) is 11.1 Å². The van der Waals surface area contributed by atoms with E-state index in [1.165, 1.54) is 44.4 Å².